The van der Waals surface area contributed by atoms with E-state index < -0.39 is 17.5 Å². The summed E-state index contributed by atoms with van der Waals surface area (Å²) in [5.41, 5.74) is -1.11. The summed E-state index contributed by atoms with van der Waals surface area (Å²) in [6, 6.07) is 10.8. The van der Waals surface area contributed by atoms with Crippen LogP contribution in [0, 0.1) is 18.8 Å². The molecule has 1 aliphatic carbocycles. The highest BCUT2D eigenvalue weighted by atomic mass is 16.5. The van der Waals surface area contributed by atoms with E-state index in [1.165, 1.54) is 0 Å². The van der Waals surface area contributed by atoms with E-state index >= 15 is 0 Å². The van der Waals surface area contributed by atoms with Gasteiger partial charge in [0.1, 0.15) is 5.76 Å². The predicted molar refractivity (Wildman–Crippen MR) is 127 cm³/mol. The summed E-state index contributed by atoms with van der Waals surface area (Å²) in [6.07, 6.45) is 6.89. The lowest BCUT2D eigenvalue weighted by atomic mass is 9.73. The Morgan fingerprint density at radius 1 is 1.21 bits per heavy atom. The van der Waals surface area contributed by atoms with Crippen LogP contribution >= 0.6 is 0 Å². The predicted octanol–water partition coefficient (Wildman–Crippen LogP) is 3.69. The van der Waals surface area contributed by atoms with Crippen LogP contribution in [0.25, 0.3) is 0 Å². The molecule has 1 aliphatic heterocycles. The molecule has 1 aromatic heterocycles. The zero-order chi connectivity index (χ0) is 24.0. The molecule has 4 rings (SSSR count). The van der Waals surface area contributed by atoms with Crippen molar-refractivity contribution in [2.75, 3.05) is 18.5 Å². The average molecular weight is 470 g/mol. The summed E-state index contributed by atoms with van der Waals surface area (Å²) < 4.78 is 10.7. The van der Waals surface area contributed by atoms with Gasteiger partial charge in [-0.05, 0) is 51.1 Å². The van der Waals surface area contributed by atoms with Gasteiger partial charge in [-0.1, -0.05) is 54.8 Å². The van der Waals surface area contributed by atoms with Crippen molar-refractivity contribution in [1.29, 1.82) is 0 Å². The van der Waals surface area contributed by atoms with E-state index in [-0.39, 0.29) is 24.5 Å². The van der Waals surface area contributed by atoms with Crippen molar-refractivity contribution in [2.24, 2.45) is 11.8 Å². The molecule has 3 atom stereocenters. The van der Waals surface area contributed by atoms with Gasteiger partial charge in [-0.15, -0.1) is 0 Å². The molecule has 1 aromatic carbocycles. The molecule has 0 radical (unpaired) electrons. The molecule has 2 aliphatic rings. The fraction of sp³-hybridized carbons (Fsp3) is 0.577. The molecule has 34 heavy (non-hydrogen) atoms. The lowest BCUT2D eigenvalue weighted by Gasteiger charge is -2.37. The normalized spacial score (nSPS) is 21.5. The number of esters is 1. The molecular weight excluding hydrogens is 434 g/mol. The van der Waals surface area contributed by atoms with E-state index in [2.05, 4.69) is 15.8 Å². The molecule has 0 spiro atoms. The Morgan fingerprint density at radius 3 is 2.62 bits per heavy atom. The molecule has 2 heterocycles. The van der Waals surface area contributed by atoms with Gasteiger partial charge in [0, 0.05) is 18.0 Å². The molecule has 3 N–H and O–H groups in total. The van der Waals surface area contributed by atoms with Crippen LogP contribution in [0.2, 0.25) is 0 Å². The first-order valence-electron chi connectivity index (χ1n) is 12.4. The highest BCUT2D eigenvalue weighted by Gasteiger charge is 2.47. The number of anilines is 1. The van der Waals surface area contributed by atoms with Crippen molar-refractivity contribution in [1.82, 2.24) is 10.5 Å². The highest BCUT2D eigenvalue weighted by Crippen LogP contribution is 2.40. The van der Waals surface area contributed by atoms with Crippen LogP contribution in [0.5, 0.6) is 0 Å². The molecule has 2 aromatic rings. The third-order valence-electron chi connectivity index (χ3n) is 7.18. The number of ether oxygens (including phenoxy) is 1. The van der Waals surface area contributed by atoms with E-state index in [0.29, 0.717) is 23.6 Å². The molecule has 8 heteroatoms. The lowest BCUT2D eigenvalue weighted by molar-refractivity contribution is -0.176. The van der Waals surface area contributed by atoms with Crippen LogP contribution < -0.4 is 10.6 Å². The maximum atomic E-state index is 13.3. The SMILES string of the molecule is Cc1cc(NC(=O)C(CCOC(=O)C(O)(c2ccccc2)C2CCCCC2)[C@H]2CCCN2)no1. The molecule has 2 unspecified atom stereocenters. The van der Waals surface area contributed by atoms with Gasteiger partial charge in [-0.3, -0.25) is 4.79 Å². The minimum absolute atomic E-state index is 0.00180. The number of nitrogens with zero attached hydrogens (tertiary/aromatic N) is 1. The summed E-state index contributed by atoms with van der Waals surface area (Å²) in [5, 5.41) is 21.7. The molecule has 184 valence electrons. The molecule has 0 bridgehead atoms. The van der Waals surface area contributed by atoms with E-state index in [1.807, 2.05) is 18.2 Å². The van der Waals surface area contributed by atoms with Crippen molar-refractivity contribution in [3.8, 4) is 0 Å². The van der Waals surface area contributed by atoms with E-state index in [0.717, 1.165) is 51.5 Å². The number of rotatable bonds is 9. The first kappa shape index (κ1) is 24.4. The first-order valence-corrected chi connectivity index (χ1v) is 12.4. The zero-order valence-corrected chi connectivity index (χ0v) is 19.8. The topological polar surface area (TPSA) is 114 Å². The minimum atomic E-state index is -1.68. The van der Waals surface area contributed by atoms with Crippen molar-refractivity contribution >= 4 is 17.7 Å². The Balaban J connectivity index is 1.43. The van der Waals surface area contributed by atoms with Crippen LogP contribution in [0.4, 0.5) is 5.82 Å². The second kappa shape index (κ2) is 11.1. The number of benzene rings is 1. The molecule has 8 nitrogen and oxygen atoms in total. The quantitative estimate of drug-likeness (QED) is 0.480. The molecular formula is C26H35N3O5. The van der Waals surface area contributed by atoms with Crippen LogP contribution in [0.1, 0.15) is 62.7 Å². The van der Waals surface area contributed by atoms with Gasteiger partial charge < -0.3 is 25.0 Å². The summed E-state index contributed by atoms with van der Waals surface area (Å²) in [4.78, 5) is 26.3. The number of carbonyl (C=O) groups is 2. The van der Waals surface area contributed by atoms with Crippen LogP contribution in [-0.2, 0) is 19.9 Å². The van der Waals surface area contributed by atoms with Gasteiger partial charge in [0.2, 0.25) is 5.91 Å². The van der Waals surface area contributed by atoms with Crippen molar-refractivity contribution in [2.45, 2.75) is 69.9 Å². The fourth-order valence-corrected chi connectivity index (χ4v) is 5.34. The Hall–Kier alpha value is -2.71. The summed E-state index contributed by atoms with van der Waals surface area (Å²) >= 11 is 0. The van der Waals surface area contributed by atoms with Crippen molar-refractivity contribution in [3.63, 3.8) is 0 Å². The van der Waals surface area contributed by atoms with Crippen LogP contribution in [0.15, 0.2) is 40.9 Å². The average Bonchev–Trinajstić information content (AvgIpc) is 3.54. The number of aryl methyl sites for hydroxylation is 1. The van der Waals surface area contributed by atoms with Gasteiger partial charge in [0.05, 0.1) is 12.5 Å². The van der Waals surface area contributed by atoms with Gasteiger partial charge >= 0.3 is 5.97 Å². The Kier molecular flexibility index (Phi) is 8.00. The Labute approximate surface area is 200 Å². The smallest absolute Gasteiger partial charge is 0.343 e. The number of nitrogens with one attached hydrogen (secondary N) is 2. The molecule has 2 fully saturated rings. The second-order valence-corrected chi connectivity index (χ2v) is 9.51. The third-order valence-corrected chi connectivity index (χ3v) is 7.18. The van der Waals surface area contributed by atoms with Gasteiger partial charge in [-0.25, -0.2) is 4.79 Å². The number of hydrogen-bond acceptors (Lipinski definition) is 7. The van der Waals surface area contributed by atoms with Gasteiger partial charge in [0.25, 0.3) is 0 Å². The number of amides is 1. The maximum absolute atomic E-state index is 13.3. The number of aromatic nitrogens is 1. The first-order chi connectivity index (χ1) is 16.5. The maximum Gasteiger partial charge on any atom is 0.343 e. The zero-order valence-electron chi connectivity index (χ0n) is 19.8. The van der Waals surface area contributed by atoms with Crippen molar-refractivity contribution in [3.05, 3.63) is 47.7 Å². The van der Waals surface area contributed by atoms with Gasteiger partial charge in [-0.2, -0.15) is 0 Å². The van der Waals surface area contributed by atoms with E-state index in [9.17, 15) is 14.7 Å². The van der Waals surface area contributed by atoms with E-state index in [4.69, 9.17) is 9.26 Å². The summed E-state index contributed by atoms with van der Waals surface area (Å²) in [7, 11) is 0. The standard InChI is InChI=1S/C26H35N3O5/c1-18-17-23(29-34-18)28-24(30)21(22-13-8-15-27-22)14-16-33-25(31)26(32,19-9-4-2-5-10-19)20-11-6-3-7-12-20/h2,4-5,9-10,17,20-22,27,32H,3,6-8,11-16H2,1H3,(H,28,29,30)/t21?,22-,26?/m1/s1. The Morgan fingerprint density at radius 2 is 1.97 bits per heavy atom. The van der Waals surface area contributed by atoms with Crippen molar-refractivity contribution < 1.29 is 24.0 Å². The number of carbonyl (C=O) groups excluding carboxylic acids is 2. The van der Waals surface area contributed by atoms with E-state index in [1.54, 1.807) is 25.1 Å². The minimum Gasteiger partial charge on any atom is -0.463 e. The number of hydrogen-bond donors (Lipinski definition) is 3. The van der Waals surface area contributed by atoms with Crippen LogP contribution in [0.3, 0.4) is 0 Å². The molecule has 1 saturated heterocycles. The summed E-state index contributed by atoms with van der Waals surface area (Å²) in [5.74, 6) is -0.402. The monoisotopic (exact) mass is 469 g/mol. The molecule has 1 saturated carbocycles. The highest BCUT2D eigenvalue weighted by molar-refractivity contribution is 5.92. The molecule has 1 amide bonds. The second-order valence-electron chi connectivity index (χ2n) is 9.51. The Bertz CT molecular complexity index is 950. The largest absolute Gasteiger partial charge is 0.463 e. The fourth-order valence-electron chi connectivity index (χ4n) is 5.34. The van der Waals surface area contributed by atoms with Crippen LogP contribution in [-0.4, -0.2) is 41.3 Å². The summed E-state index contributed by atoms with van der Waals surface area (Å²) in [6.45, 7) is 2.67. The number of aliphatic hydroxyl groups is 1. The van der Waals surface area contributed by atoms with Gasteiger partial charge in [0.15, 0.2) is 11.4 Å². The third kappa shape index (κ3) is 5.50. The lowest BCUT2D eigenvalue weighted by Crippen LogP contribution is -2.45.